The summed E-state index contributed by atoms with van der Waals surface area (Å²) in [5.74, 6) is -1.98. The average Bonchev–Trinajstić information content (AvgIpc) is 3.63. The predicted molar refractivity (Wildman–Crippen MR) is 387 cm³/mol. The minimum atomic E-state index is -1.51. The second-order valence-electron chi connectivity index (χ2n) is 27.7. The Morgan fingerprint density at radius 1 is 0.344 bits per heavy atom. The highest BCUT2D eigenvalue weighted by atomic mass is 16.7. The van der Waals surface area contributed by atoms with Crippen LogP contribution in [0.5, 0.6) is 0 Å². The van der Waals surface area contributed by atoms with Crippen molar-refractivity contribution in [2.75, 3.05) is 47.5 Å². The number of nitrogens with zero attached hydrogens (tertiary/aromatic N) is 1. The molecule has 0 amide bonds. The quantitative estimate of drug-likeness (QED) is 0.0211. The fourth-order valence-corrected chi connectivity index (χ4v) is 11.6. The topological polar surface area (TPSA) is 108 Å². The van der Waals surface area contributed by atoms with Crippen LogP contribution in [-0.4, -0.2) is 87.4 Å². The number of ether oxygens (including phenoxy) is 4. The molecule has 0 saturated heterocycles. The first kappa shape index (κ1) is 87.0. The second-order valence-corrected chi connectivity index (χ2v) is 27.7. The van der Waals surface area contributed by atoms with Gasteiger partial charge in [0.1, 0.15) is 13.2 Å². The van der Waals surface area contributed by atoms with Gasteiger partial charge in [0, 0.05) is 12.8 Å². The molecule has 2 atom stereocenters. The number of allylic oxidation sites excluding steroid dienone is 10. The molecule has 2 unspecified atom stereocenters. The molecule has 0 bridgehead atoms. The van der Waals surface area contributed by atoms with Crippen LogP contribution in [-0.2, 0) is 33.3 Å². The van der Waals surface area contributed by atoms with Crippen LogP contribution in [0.25, 0.3) is 0 Å². The van der Waals surface area contributed by atoms with Gasteiger partial charge in [-0.15, -0.1) is 0 Å². The number of hydrogen-bond acceptors (Lipinski definition) is 7. The van der Waals surface area contributed by atoms with E-state index in [1.807, 2.05) is 21.1 Å². The van der Waals surface area contributed by atoms with E-state index in [1.165, 1.54) is 283 Å². The molecule has 526 valence electrons. The highest BCUT2D eigenvalue weighted by Crippen LogP contribution is 2.20. The second kappa shape index (κ2) is 71.8. The molecule has 9 heteroatoms. The summed E-state index contributed by atoms with van der Waals surface area (Å²) >= 11 is 0. The summed E-state index contributed by atoms with van der Waals surface area (Å²) in [5.41, 5.74) is 0. The Labute approximate surface area is 558 Å². The van der Waals surface area contributed by atoms with Crippen LogP contribution in [0.4, 0.5) is 0 Å². The Balaban J connectivity index is 4.00. The highest BCUT2D eigenvalue weighted by Gasteiger charge is 2.25. The van der Waals surface area contributed by atoms with E-state index in [1.54, 1.807) is 0 Å². The third-order valence-corrected chi connectivity index (χ3v) is 17.5. The summed E-state index contributed by atoms with van der Waals surface area (Å²) in [4.78, 5) is 37.7. The van der Waals surface area contributed by atoms with Gasteiger partial charge < -0.3 is 28.5 Å². The fourth-order valence-electron chi connectivity index (χ4n) is 11.6. The van der Waals surface area contributed by atoms with E-state index in [4.69, 9.17) is 18.9 Å². The number of hydrogen-bond donors (Lipinski definition) is 1. The summed E-state index contributed by atoms with van der Waals surface area (Å²) < 4.78 is 23.0. The normalized spacial score (nSPS) is 12.9. The van der Waals surface area contributed by atoms with Crippen LogP contribution >= 0.6 is 0 Å². The number of rotatable bonds is 73. The van der Waals surface area contributed by atoms with Crippen molar-refractivity contribution in [1.29, 1.82) is 0 Å². The smallest absolute Gasteiger partial charge is 0.361 e. The fraction of sp³-hybridized carbons (Fsp3) is 0.840. The van der Waals surface area contributed by atoms with E-state index < -0.39 is 18.4 Å². The lowest BCUT2D eigenvalue weighted by Gasteiger charge is -2.25. The van der Waals surface area contributed by atoms with Crippen molar-refractivity contribution < 1.29 is 42.9 Å². The Kier molecular flexibility index (Phi) is 69.4. The maximum Gasteiger partial charge on any atom is 0.361 e. The highest BCUT2D eigenvalue weighted by molar-refractivity contribution is 5.71. The van der Waals surface area contributed by atoms with Crippen LogP contribution in [0.3, 0.4) is 0 Å². The number of unbranched alkanes of at least 4 members (excludes halogenated alkanes) is 48. The molecule has 0 aliphatic carbocycles. The molecule has 90 heavy (non-hydrogen) atoms. The maximum atomic E-state index is 13.0. The van der Waals surface area contributed by atoms with Crippen molar-refractivity contribution in [1.82, 2.24) is 0 Å². The van der Waals surface area contributed by atoms with Gasteiger partial charge in [-0.25, -0.2) is 4.79 Å². The first-order valence-corrected chi connectivity index (χ1v) is 39.0. The molecule has 0 radical (unpaired) electrons. The number of aliphatic carboxylic acids is 1. The minimum Gasteiger partial charge on any atom is -0.477 e. The molecule has 0 aliphatic heterocycles. The molecule has 0 spiro atoms. The van der Waals surface area contributed by atoms with Gasteiger partial charge >= 0.3 is 17.9 Å². The van der Waals surface area contributed by atoms with Crippen molar-refractivity contribution in [2.24, 2.45) is 0 Å². The molecule has 0 saturated carbocycles. The number of carbonyl (C=O) groups excluding carboxylic acids is 2. The van der Waals surface area contributed by atoms with Gasteiger partial charge in [0.15, 0.2) is 6.10 Å². The van der Waals surface area contributed by atoms with E-state index in [0.717, 1.165) is 70.6 Å². The first-order chi connectivity index (χ1) is 44.1. The Morgan fingerprint density at radius 3 is 0.944 bits per heavy atom. The SMILES string of the molecule is CC/C=C\C/C=C\C/C=C\C/C=C\C/C=C\CCCCCCCCCCCCCCCCCC(=O)OC(COC(=O)CCCCCCCCCCCCCCCCCCCCCCCCCCCCCCCCCCCC)COC(OCC[N+](C)(C)C)C(=O)O. The molecular weight excluding hydrogens is 1110 g/mol. The van der Waals surface area contributed by atoms with Gasteiger partial charge in [0.2, 0.25) is 0 Å². The number of carboxylic acids is 1. The number of esters is 2. The van der Waals surface area contributed by atoms with Gasteiger partial charge in [-0.3, -0.25) is 9.59 Å². The van der Waals surface area contributed by atoms with E-state index in [9.17, 15) is 19.5 Å². The van der Waals surface area contributed by atoms with Crippen molar-refractivity contribution in [3.05, 3.63) is 60.8 Å². The molecule has 0 aromatic carbocycles. The molecule has 0 rings (SSSR count). The Hall–Kier alpha value is -3.01. The lowest BCUT2D eigenvalue weighted by atomic mass is 10.0. The number of quaternary nitrogens is 1. The number of carbonyl (C=O) groups is 3. The zero-order valence-corrected chi connectivity index (χ0v) is 60.3. The van der Waals surface area contributed by atoms with Gasteiger partial charge in [-0.05, 0) is 57.8 Å². The maximum absolute atomic E-state index is 13.0. The van der Waals surface area contributed by atoms with E-state index in [-0.39, 0.29) is 38.2 Å². The van der Waals surface area contributed by atoms with E-state index in [0.29, 0.717) is 17.4 Å². The van der Waals surface area contributed by atoms with Crippen molar-refractivity contribution in [3.8, 4) is 0 Å². The van der Waals surface area contributed by atoms with Crippen LogP contribution in [0.1, 0.15) is 380 Å². The summed E-state index contributed by atoms with van der Waals surface area (Å²) in [5, 5.41) is 9.77. The van der Waals surface area contributed by atoms with Gasteiger partial charge in [-0.1, -0.05) is 370 Å². The van der Waals surface area contributed by atoms with Gasteiger partial charge in [0.25, 0.3) is 6.29 Å². The average molecular weight is 1270 g/mol. The van der Waals surface area contributed by atoms with Crippen LogP contribution in [0, 0.1) is 0 Å². The molecule has 0 aromatic heterocycles. The Bertz CT molecular complexity index is 1660. The molecular formula is C81H150NO8+. The van der Waals surface area contributed by atoms with Crippen molar-refractivity contribution >= 4 is 17.9 Å². The summed E-state index contributed by atoms with van der Waals surface area (Å²) in [7, 11) is 5.99. The summed E-state index contributed by atoms with van der Waals surface area (Å²) in [6.07, 6.45) is 92.3. The third kappa shape index (κ3) is 72.4. The predicted octanol–water partition coefficient (Wildman–Crippen LogP) is 24.6. The molecule has 0 aromatic rings. The van der Waals surface area contributed by atoms with E-state index in [2.05, 4.69) is 74.6 Å². The molecule has 0 aliphatic rings. The standard InChI is InChI=1S/C81H149NO8/c1-6-8-10-12-14-16-18-20-22-24-26-28-30-32-34-36-38-39-40-42-43-45-47-49-51-53-55-57-59-61-63-65-67-69-71-78(83)88-75-77(76-89-81(80(85)86)87-74-73-82(3,4)5)90-79(84)72-70-68-66-64-62-60-58-56-54-52-50-48-46-44-41-37-35-33-31-29-27-25-23-21-19-17-15-13-11-9-7-2/h9,11,15,17,21,23,27,29,33,35,77,81H,6-8,10,12-14,16,18-20,22,24-26,28,30-32,34,36-76H2,1-5H3/p+1/b11-9-,17-15-,23-21-,29-27-,35-33-. The minimum absolute atomic E-state index is 0.178. The third-order valence-electron chi connectivity index (χ3n) is 17.5. The van der Waals surface area contributed by atoms with Crippen molar-refractivity contribution in [3.63, 3.8) is 0 Å². The van der Waals surface area contributed by atoms with Crippen LogP contribution in [0.2, 0.25) is 0 Å². The molecule has 1 N–H and O–H groups in total. The lowest BCUT2D eigenvalue weighted by molar-refractivity contribution is -0.870. The lowest BCUT2D eigenvalue weighted by Crippen LogP contribution is -2.40. The van der Waals surface area contributed by atoms with Gasteiger partial charge in [-0.2, -0.15) is 0 Å². The number of carboxylic acid groups (broad SMARTS) is 1. The van der Waals surface area contributed by atoms with Crippen LogP contribution < -0.4 is 0 Å². The summed E-state index contributed by atoms with van der Waals surface area (Å²) in [6, 6.07) is 0. The van der Waals surface area contributed by atoms with Gasteiger partial charge in [0.05, 0.1) is 34.4 Å². The monoisotopic (exact) mass is 1270 g/mol. The summed E-state index contributed by atoms with van der Waals surface area (Å²) in [6.45, 7) is 4.83. The Morgan fingerprint density at radius 2 is 0.633 bits per heavy atom. The molecule has 0 fully saturated rings. The zero-order chi connectivity index (χ0) is 65.4. The molecule has 9 nitrogen and oxygen atoms in total. The van der Waals surface area contributed by atoms with Crippen LogP contribution in [0.15, 0.2) is 60.8 Å². The first-order valence-electron chi connectivity index (χ1n) is 39.0. The molecule has 0 heterocycles. The number of likely N-dealkylation sites (N-methyl/N-ethyl adjacent to an activating group) is 1. The zero-order valence-electron chi connectivity index (χ0n) is 60.3. The van der Waals surface area contributed by atoms with E-state index >= 15 is 0 Å². The van der Waals surface area contributed by atoms with Crippen molar-refractivity contribution in [2.45, 2.75) is 392 Å². The largest absolute Gasteiger partial charge is 0.477 e.